The number of fused-ring (bicyclic) bond motifs is 2. The lowest BCUT2D eigenvalue weighted by molar-refractivity contribution is 0.103. The third-order valence-corrected chi connectivity index (χ3v) is 7.56. The van der Waals surface area contributed by atoms with Gasteiger partial charge in [0.2, 0.25) is 0 Å². The summed E-state index contributed by atoms with van der Waals surface area (Å²) in [6.07, 6.45) is 0. The number of hydrogen-bond acceptors (Lipinski definition) is 6. The summed E-state index contributed by atoms with van der Waals surface area (Å²) in [6.45, 7) is 5.76. The second-order valence-electron chi connectivity index (χ2n) is 7.87. The summed E-state index contributed by atoms with van der Waals surface area (Å²) >= 11 is 8.58. The van der Waals surface area contributed by atoms with Gasteiger partial charge in [-0.15, -0.1) is 11.3 Å². The topological polar surface area (TPSA) is 76.0 Å². The van der Waals surface area contributed by atoms with Crippen LogP contribution in [0.4, 0.5) is 5.69 Å². The Balaban J connectivity index is 1.51. The van der Waals surface area contributed by atoms with E-state index in [9.17, 15) is 9.59 Å². The Morgan fingerprint density at radius 1 is 1.09 bits per heavy atom. The number of aryl methyl sites for hydroxylation is 3. The monoisotopic (exact) mass is 494 g/mol. The van der Waals surface area contributed by atoms with E-state index >= 15 is 0 Å². The molecule has 0 unspecified atom stereocenters. The van der Waals surface area contributed by atoms with E-state index in [4.69, 9.17) is 11.6 Å². The molecule has 9 heteroatoms. The van der Waals surface area contributed by atoms with Gasteiger partial charge in [-0.3, -0.25) is 15.0 Å². The van der Waals surface area contributed by atoms with Crippen molar-refractivity contribution >= 4 is 62.2 Å². The summed E-state index contributed by atoms with van der Waals surface area (Å²) in [6, 6.07) is 13.3. The van der Waals surface area contributed by atoms with E-state index < -0.39 is 0 Å². The Bertz CT molecular complexity index is 1500. The predicted molar refractivity (Wildman–Crippen MR) is 137 cm³/mol. The molecule has 166 valence electrons. The van der Waals surface area contributed by atoms with Crippen LogP contribution in [0.25, 0.3) is 15.9 Å². The molecule has 1 aliphatic heterocycles. The van der Waals surface area contributed by atoms with Crippen LogP contribution in [0.2, 0.25) is 5.02 Å². The Hall–Kier alpha value is -3.07. The molecule has 6 nitrogen and oxygen atoms in total. The molecule has 0 spiro atoms. The van der Waals surface area contributed by atoms with Gasteiger partial charge in [-0.2, -0.15) is 4.68 Å². The number of halogens is 1. The third-order valence-electron chi connectivity index (χ3n) is 5.29. The number of hydrogen-bond donors (Lipinski definition) is 2. The van der Waals surface area contributed by atoms with Crippen molar-refractivity contribution in [3.63, 3.8) is 0 Å². The summed E-state index contributed by atoms with van der Waals surface area (Å²) in [5.74, 6) is -0.247. The van der Waals surface area contributed by atoms with Gasteiger partial charge in [0.15, 0.2) is 5.16 Å². The first-order valence-corrected chi connectivity index (χ1v) is 12.2. The number of aromatic nitrogens is 2. The summed E-state index contributed by atoms with van der Waals surface area (Å²) in [5.41, 5.74) is 8.08. The lowest BCUT2D eigenvalue weighted by Gasteiger charge is -2.20. The molecule has 2 aromatic carbocycles. The summed E-state index contributed by atoms with van der Waals surface area (Å²) < 4.78 is 1.43. The van der Waals surface area contributed by atoms with Gasteiger partial charge in [-0.1, -0.05) is 41.6 Å². The molecule has 33 heavy (non-hydrogen) atoms. The van der Waals surface area contributed by atoms with Crippen molar-refractivity contribution in [2.45, 2.75) is 25.9 Å². The highest BCUT2D eigenvalue weighted by Crippen LogP contribution is 2.33. The van der Waals surface area contributed by atoms with Gasteiger partial charge in [0.1, 0.15) is 4.83 Å². The third kappa shape index (κ3) is 4.06. The highest BCUT2D eigenvalue weighted by atomic mass is 35.5. The SMILES string of the molecule is Cc1cc(C)cc(NC(=O)c2sc3nc4n(c(=O)c3c2C)NC(c2ccc(Cl)cc2)=CS4)c1. The van der Waals surface area contributed by atoms with E-state index in [-0.39, 0.29) is 11.5 Å². The zero-order chi connectivity index (χ0) is 23.3. The first-order chi connectivity index (χ1) is 15.8. The Kier molecular flexibility index (Phi) is 5.52. The number of nitrogens with zero attached hydrogens (tertiary/aromatic N) is 2. The van der Waals surface area contributed by atoms with Crippen LogP contribution in [0.3, 0.4) is 0 Å². The number of benzene rings is 2. The van der Waals surface area contributed by atoms with Crippen LogP contribution >= 0.6 is 34.7 Å². The Morgan fingerprint density at radius 2 is 1.79 bits per heavy atom. The number of thioether (sulfide) groups is 1. The maximum atomic E-state index is 13.4. The van der Waals surface area contributed by atoms with Gasteiger partial charge in [0.25, 0.3) is 11.5 Å². The van der Waals surface area contributed by atoms with Gasteiger partial charge in [0.05, 0.1) is 16.0 Å². The fourth-order valence-corrected chi connectivity index (χ4v) is 5.85. The molecule has 0 fully saturated rings. The van der Waals surface area contributed by atoms with Crippen molar-refractivity contribution in [1.82, 2.24) is 9.66 Å². The standard InChI is InChI=1S/C24H19ClN4O2S2/c1-12-8-13(2)10-17(9-12)26-21(30)20-14(3)19-22(33-20)27-24-29(23(19)31)28-18(11-32-24)15-4-6-16(25)7-5-15/h4-11,28H,1-3H3,(H,26,30). The normalized spacial score (nSPS) is 12.8. The zero-order valence-electron chi connectivity index (χ0n) is 18.0. The molecule has 0 atom stereocenters. The van der Waals surface area contributed by atoms with Crippen LogP contribution in [0.15, 0.2) is 57.8 Å². The molecular weight excluding hydrogens is 476 g/mol. The molecule has 5 rings (SSSR count). The van der Waals surface area contributed by atoms with Crippen LogP contribution in [-0.2, 0) is 0 Å². The van der Waals surface area contributed by atoms with E-state index in [0.717, 1.165) is 28.1 Å². The molecule has 4 aromatic rings. The average molecular weight is 495 g/mol. The average Bonchev–Trinajstić information content (AvgIpc) is 3.10. The highest BCUT2D eigenvalue weighted by molar-refractivity contribution is 8.02. The molecule has 2 N–H and O–H groups in total. The molecule has 0 saturated carbocycles. The van der Waals surface area contributed by atoms with E-state index in [1.54, 1.807) is 19.1 Å². The Morgan fingerprint density at radius 3 is 2.48 bits per heavy atom. The number of anilines is 1. The second-order valence-corrected chi connectivity index (χ2v) is 10.1. The number of rotatable bonds is 3. The largest absolute Gasteiger partial charge is 0.321 e. The number of amides is 1. The van der Waals surface area contributed by atoms with Crippen molar-refractivity contribution < 1.29 is 4.79 Å². The highest BCUT2D eigenvalue weighted by Gasteiger charge is 2.24. The van der Waals surface area contributed by atoms with Crippen LogP contribution in [0.1, 0.15) is 31.9 Å². The minimum atomic E-state index is -0.247. The number of thiophene rings is 1. The number of nitrogens with one attached hydrogen (secondary N) is 2. The van der Waals surface area contributed by atoms with Crippen molar-refractivity contribution in [3.05, 3.63) is 90.4 Å². The van der Waals surface area contributed by atoms with Crippen LogP contribution in [0, 0.1) is 20.8 Å². The summed E-state index contributed by atoms with van der Waals surface area (Å²) in [4.78, 5) is 32.1. The van der Waals surface area contributed by atoms with Crippen molar-refractivity contribution in [3.8, 4) is 0 Å². The van der Waals surface area contributed by atoms with Gasteiger partial charge in [0, 0.05) is 21.7 Å². The van der Waals surface area contributed by atoms with Gasteiger partial charge < -0.3 is 5.32 Å². The summed E-state index contributed by atoms with van der Waals surface area (Å²) in [7, 11) is 0. The predicted octanol–water partition coefficient (Wildman–Crippen LogP) is 5.94. The first-order valence-electron chi connectivity index (χ1n) is 10.2. The van der Waals surface area contributed by atoms with E-state index in [1.807, 2.05) is 49.6 Å². The quantitative estimate of drug-likeness (QED) is 0.345. The maximum Gasteiger partial charge on any atom is 0.282 e. The number of carbonyl (C=O) groups excluding carboxylic acids is 1. The molecule has 0 aliphatic carbocycles. The molecule has 2 aromatic heterocycles. The molecule has 1 aliphatic rings. The van der Waals surface area contributed by atoms with Gasteiger partial charge >= 0.3 is 0 Å². The van der Waals surface area contributed by atoms with Crippen molar-refractivity contribution in [1.29, 1.82) is 0 Å². The van der Waals surface area contributed by atoms with Crippen molar-refractivity contribution in [2.75, 3.05) is 10.7 Å². The zero-order valence-corrected chi connectivity index (χ0v) is 20.4. The minimum Gasteiger partial charge on any atom is -0.321 e. The second kappa shape index (κ2) is 8.37. The fraction of sp³-hybridized carbons (Fsp3) is 0.125. The van der Waals surface area contributed by atoms with Gasteiger partial charge in [-0.05, 0) is 61.7 Å². The minimum absolute atomic E-state index is 0.235. The molecule has 3 heterocycles. The van der Waals surface area contributed by atoms with Crippen molar-refractivity contribution in [2.24, 2.45) is 0 Å². The molecule has 0 bridgehead atoms. The maximum absolute atomic E-state index is 13.4. The van der Waals surface area contributed by atoms with Crippen LogP contribution < -0.4 is 16.3 Å². The van der Waals surface area contributed by atoms with E-state index in [1.165, 1.54) is 27.8 Å². The molecule has 0 saturated heterocycles. The van der Waals surface area contributed by atoms with E-state index in [0.29, 0.717) is 30.8 Å². The molecular formula is C24H19ClN4O2S2. The van der Waals surface area contributed by atoms with Gasteiger partial charge in [-0.25, -0.2) is 4.98 Å². The lowest BCUT2D eigenvalue weighted by atomic mass is 10.1. The fourth-order valence-electron chi connectivity index (χ4n) is 3.81. The Labute approximate surface area is 203 Å². The molecule has 0 radical (unpaired) electrons. The number of carbonyl (C=O) groups is 1. The summed E-state index contributed by atoms with van der Waals surface area (Å²) in [5, 5.41) is 6.47. The lowest BCUT2D eigenvalue weighted by Crippen LogP contribution is -2.32. The van der Waals surface area contributed by atoms with Crippen LogP contribution in [-0.4, -0.2) is 15.6 Å². The molecule has 1 amide bonds. The van der Waals surface area contributed by atoms with E-state index in [2.05, 4.69) is 15.7 Å². The smallest absolute Gasteiger partial charge is 0.282 e. The van der Waals surface area contributed by atoms with Crippen LogP contribution in [0.5, 0.6) is 0 Å². The first kappa shape index (κ1) is 21.8.